The summed E-state index contributed by atoms with van der Waals surface area (Å²) in [7, 11) is 4.60. The predicted octanol–water partition coefficient (Wildman–Crippen LogP) is 1.28. The molecule has 2 N–H and O–H groups in total. The molecule has 1 aromatic rings. The van der Waals surface area contributed by atoms with Crippen molar-refractivity contribution in [2.24, 2.45) is 11.7 Å². The number of anilines is 1. The lowest BCUT2D eigenvalue weighted by Gasteiger charge is -2.36. The molecule has 3 rings (SSSR count). The molecule has 1 fully saturated rings. The van der Waals surface area contributed by atoms with Gasteiger partial charge in [-0.3, -0.25) is 14.4 Å². The molecule has 31 heavy (non-hydrogen) atoms. The molecular weight excluding hydrogens is 402 g/mol. The molecule has 2 heterocycles. The van der Waals surface area contributed by atoms with E-state index in [4.69, 9.17) is 15.2 Å². The van der Waals surface area contributed by atoms with E-state index in [-0.39, 0.29) is 25.0 Å². The minimum absolute atomic E-state index is 0.0222. The van der Waals surface area contributed by atoms with Crippen LogP contribution in [0.25, 0.3) is 0 Å². The van der Waals surface area contributed by atoms with E-state index < -0.39 is 17.9 Å². The molecule has 0 aromatic heterocycles. The van der Waals surface area contributed by atoms with Crippen LogP contribution < -0.4 is 10.6 Å². The Kier molecular flexibility index (Phi) is 7.50. The third kappa shape index (κ3) is 4.99. The van der Waals surface area contributed by atoms with Gasteiger partial charge in [0.25, 0.3) is 5.91 Å². The van der Waals surface area contributed by atoms with E-state index in [9.17, 15) is 14.4 Å². The molecular formula is C22H31N3O6. The minimum Gasteiger partial charge on any atom is -0.469 e. The van der Waals surface area contributed by atoms with Crippen LogP contribution >= 0.6 is 0 Å². The number of esters is 1. The number of ether oxygens (including phenoxy) is 3. The first kappa shape index (κ1) is 23.0. The van der Waals surface area contributed by atoms with E-state index in [0.29, 0.717) is 18.0 Å². The smallest absolute Gasteiger partial charge is 0.305 e. The summed E-state index contributed by atoms with van der Waals surface area (Å²) in [5.74, 6) is -0.966. The molecule has 0 bridgehead atoms. The first-order valence-corrected chi connectivity index (χ1v) is 10.5. The fraction of sp³-hybridized carbons (Fsp3) is 0.591. The van der Waals surface area contributed by atoms with Crippen molar-refractivity contribution in [1.82, 2.24) is 4.90 Å². The molecule has 2 aliphatic heterocycles. The van der Waals surface area contributed by atoms with E-state index in [0.717, 1.165) is 37.2 Å². The molecule has 0 unspecified atom stereocenters. The Morgan fingerprint density at radius 1 is 1.16 bits per heavy atom. The number of primary amides is 1. The second kappa shape index (κ2) is 10.1. The summed E-state index contributed by atoms with van der Waals surface area (Å²) in [4.78, 5) is 40.2. The molecule has 0 aliphatic carbocycles. The van der Waals surface area contributed by atoms with Crippen molar-refractivity contribution < 1.29 is 28.6 Å². The van der Waals surface area contributed by atoms with Crippen LogP contribution in [0.2, 0.25) is 0 Å². The Hall–Kier alpha value is -2.65. The van der Waals surface area contributed by atoms with Gasteiger partial charge in [-0.15, -0.1) is 0 Å². The second-order valence-corrected chi connectivity index (χ2v) is 7.97. The lowest BCUT2D eigenvalue weighted by molar-refractivity contribution is -0.141. The van der Waals surface area contributed by atoms with Gasteiger partial charge in [0.1, 0.15) is 6.04 Å². The average Bonchev–Trinajstić information content (AvgIpc) is 3.10. The molecule has 1 aromatic carbocycles. The molecule has 1 atom stereocenters. The Bertz CT molecular complexity index is 817. The zero-order valence-corrected chi connectivity index (χ0v) is 18.3. The number of carbonyl (C=O) groups is 3. The van der Waals surface area contributed by atoms with Gasteiger partial charge in [0, 0.05) is 57.4 Å². The van der Waals surface area contributed by atoms with Gasteiger partial charge >= 0.3 is 5.97 Å². The highest BCUT2D eigenvalue weighted by molar-refractivity contribution is 6.01. The van der Waals surface area contributed by atoms with Gasteiger partial charge in [0.15, 0.2) is 6.29 Å². The first-order chi connectivity index (χ1) is 14.9. The molecule has 9 heteroatoms. The highest BCUT2D eigenvalue weighted by atomic mass is 16.7. The van der Waals surface area contributed by atoms with Gasteiger partial charge < -0.3 is 29.7 Å². The molecule has 9 nitrogen and oxygen atoms in total. The maximum Gasteiger partial charge on any atom is 0.305 e. The van der Waals surface area contributed by atoms with E-state index in [1.54, 1.807) is 14.2 Å². The lowest BCUT2D eigenvalue weighted by atomic mass is 9.95. The number of nitrogens with two attached hydrogens (primary N) is 1. The quantitative estimate of drug-likeness (QED) is 0.461. The van der Waals surface area contributed by atoms with Gasteiger partial charge in [-0.1, -0.05) is 6.07 Å². The number of piperidine rings is 1. The molecule has 2 aliphatic rings. The van der Waals surface area contributed by atoms with Crippen LogP contribution in [-0.4, -0.2) is 69.4 Å². The Morgan fingerprint density at radius 3 is 2.42 bits per heavy atom. The summed E-state index contributed by atoms with van der Waals surface area (Å²) in [6, 6.07) is 4.98. The van der Waals surface area contributed by atoms with Crippen LogP contribution in [0, 0.1) is 5.92 Å². The van der Waals surface area contributed by atoms with Crippen molar-refractivity contribution in [2.45, 2.75) is 44.6 Å². The molecule has 0 radical (unpaired) electrons. The maximum atomic E-state index is 13.1. The number of methoxy groups -OCH3 is 3. The molecule has 170 valence electrons. The lowest BCUT2D eigenvalue weighted by Crippen LogP contribution is -2.45. The van der Waals surface area contributed by atoms with Crippen LogP contribution in [0.1, 0.15) is 41.6 Å². The van der Waals surface area contributed by atoms with E-state index in [2.05, 4.69) is 9.64 Å². The van der Waals surface area contributed by atoms with Crippen LogP contribution in [0.4, 0.5) is 5.69 Å². The zero-order valence-electron chi connectivity index (χ0n) is 18.3. The number of amides is 2. The van der Waals surface area contributed by atoms with E-state index in [1.807, 2.05) is 18.2 Å². The Balaban J connectivity index is 1.69. The van der Waals surface area contributed by atoms with Gasteiger partial charge in [0.05, 0.1) is 7.11 Å². The number of hydrogen-bond donors (Lipinski definition) is 1. The van der Waals surface area contributed by atoms with E-state index in [1.165, 1.54) is 12.0 Å². The van der Waals surface area contributed by atoms with Crippen molar-refractivity contribution in [3.05, 3.63) is 29.3 Å². The van der Waals surface area contributed by atoms with Gasteiger partial charge in [0.2, 0.25) is 5.91 Å². The molecule has 0 saturated carbocycles. The second-order valence-electron chi connectivity index (χ2n) is 7.97. The SMILES string of the molecule is COC(=O)CC[C@@H](C(N)=O)N1Cc2ccc(N3CCC(C(OC)OC)CC3)cc2C1=O. The maximum absolute atomic E-state index is 13.1. The minimum atomic E-state index is -0.849. The standard InChI is InChI=1S/C22H31N3O6/c1-29-19(26)7-6-18(20(23)27)25-13-15-4-5-16(12-17(15)21(25)28)24-10-8-14(9-11-24)22(30-2)31-3/h4-5,12,14,18,22H,6-11,13H2,1-3H3,(H2,23,27)/t18-/m0/s1. The Morgan fingerprint density at radius 2 is 1.84 bits per heavy atom. The van der Waals surface area contributed by atoms with Crippen LogP contribution in [0.5, 0.6) is 0 Å². The van der Waals surface area contributed by atoms with Crippen molar-refractivity contribution in [2.75, 3.05) is 39.3 Å². The number of carbonyl (C=O) groups excluding carboxylic acids is 3. The summed E-state index contributed by atoms with van der Waals surface area (Å²) in [6.07, 6.45) is 1.83. The number of hydrogen-bond acceptors (Lipinski definition) is 7. The topological polar surface area (TPSA) is 111 Å². The fourth-order valence-corrected chi connectivity index (χ4v) is 4.48. The van der Waals surface area contributed by atoms with Crippen LogP contribution in [-0.2, 0) is 30.3 Å². The van der Waals surface area contributed by atoms with Crippen molar-refractivity contribution in [3.63, 3.8) is 0 Å². The summed E-state index contributed by atoms with van der Waals surface area (Å²) in [5.41, 5.74) is 7.94. The molecule has 1 saturated heterocycles. The van der Waals surface area contributed by atoms with Gasteiger partial charge in [-0.25, -0.2) is 0 Å². The highest BCUT2D eigenvalue weighted by Gasteiger charge is 2.36. The average molecular weight is 434 g/mol. The zero-order chi connectivity index (χ0) is 22.5. The van der Waals surface area contributed by atoms with Crippen molar-refractivity contribution >= 4 is 23.5 Å². The monoisotopic (exact) mass is 433 g/mol. The summed E-state index contributed by atoms with van der Waals surface area (Å²) < 4.78 is 15.4. The van der Waals surface area contributed by atoms with Gasteiger partial charge in [-0.05, 0) is 37.0 Å². The van der Waals surface area contributed by atoms with Crippen molar-refractivity contribution in [1.29, 1.82) is 0 Å². The number of rotatable bonds is 9. The third-order valence-electron chi connectivity index (χ3n) is 6.23. The fourth-order valence-electron chi connectivity index (χ4n) is 4.48. The van der Waals surface area contributed by atoms with Crippen LogP contribution in [0.3, 0.4) is 0 Å². The van der Waals surface area contributed by atoms with E-state index >= 15 is 0 Å². The number of nitrogens with zero attached hydrogens (tertiary/aromatic N) is 2. The number of fused-ring (bicyclic) bond motifs is 1. The summed E-state index contributed by atoms with van der Waals surface area (Å²) >= 11 is 0. The summed E-state index contributed by atoms with van der Waals surface area (Å²) in [5, 5.41) is 0. The summed E-state index contributed by atoms with van der Waals surface area (Å²) in [6.45, 7) is 1.98. The van der Waals surface area contributed by atoms with Gasteiger partial charge in [-0.2, -0.15) is 0 Å². The van der Waals surface area contributed by atoms with Crippen LogP contribution in [0.15, 0.2) is 18.2 Å². The Labute approximate surface area is 182 Å². The molecule has 0 spiro atoms. The number of benzene rings is 1. The normalized spacial score (nSPS) is 17.7. The third-order valence-corrected chi connectivity index (χ3v) is 6.23. The highest BCUT2D eigenvalue weighted by Crippen LogP contribution is 2.32. The first-order valence-electron chi connectivity index (χ1n) is 10.5. The van der Waals surface area contributed by atoms with Crippen molar-refractivity contribution in [3.8, 4) is 0 Å². The molecule has 2 amide bonds. The largest absolute Gasteiger partial charge is 0.469 e. The predicted molar refractivity (Wildman–Crippen MR) is 113 cm³/mol.